The monoisotopic (exact) mass is 1060 g/mol. The molecule has 0 aromatic rings. The number of phosphoric acid groups is 1. The smallest absolute Gasteiger partial charge is 0.462 e. The summed E-state index contributed by atoms with van der Waals surface area (Å²) in [6, 6.07) is 0. The summed E-state index contributed by atoms with van der Waals surface area (Å²) in [6.45, 7) is 3.65. The van der Waals surface area contributed by atoms with Crippen LogP contribution in [0.25, 0.3) is 0 Å². The summed E-state index contributed by atoms with van der Waals surface area (Å²) in [5.41, 5.74) is 5.38. The molecule has 74 heavy (non-hydrogen) atoms. The van der Waals surface area contributed by atoms with Crippen molar-refractivity contribution < 1.29 is 37.6 Å². The van der Waals surface area contributed by atoms with Crippen LogP contribution in [0.1, 0.15) is 328 Å². The first-order valence-electron chi connectivity index (χ1n) is 32.0. The average Bonchev–Trinajstić information content (AvgIpc) is 3.39. The van der Waals surface area contributed by atoms with Crippen molar-refractivity contribution in [3.05, 3.63) is 36.5 Å². The topological polar surface area (TPSA) is 134 Å². The Morgan fingerprint density at radius 3 is 1.11 bits per heavy atom. The quantitative estimate of drug-likeness (QED) is 0.0264. The summed E-state index contributed by atoms with van der Waals surface area (Å²) in [4.78, 5) is 35.1. The van der Waals surface area contributed by atoms with Crippen molar-refractivity contribution >= 4 is 19.8 Å². The molecular weight excluding hydrogens is 942 g/mol. The van der Waals surface area contributed by atoms with Crippen LogP contribution in [-0.4, -0.2) is 49.3 Å². The Balaban J connectivity index is 3.72. The number of phosphoric ester groups is 1. The zero-order valence-corrected chi connectivity index (χ0v) is 49.7. The van der Waals surface area contributed by atoms with Gasteiger partial charge < -0.3 is 20.1 Å². The largest absolute Gasteiger partial charge is 0.472 e. The number of unbranched alkanes of at least 4 members (excludes halogenated alkanes) is 42. The molecule has 0 heterocycles. The highest BCUT2D eigenvalue weighted by Gasteiger charge is 2.26. The number of esters is 2. The summed E-state index contributed by atoms with van der Waals surface area (Å²) < 4.78 is 33.0. The molecule has 0 aromatic heterocycles. The van der Waals surface area contributed by atoms with Gasteiger partial charge in [0.25, 0.3) is 0 Å². The number of hydrogen-bond donors (Lipinski definition) is 2. The van der Waals surface area contributed by atoms with E-state index in [9.17, 15) is 19.0 Å². The molecule has 0 saturated carbocycles. The van der Waals surface area contributed by atoms with Crippen LogP contribution in [0.15, 0.2) is 36.5 Å². The zero-order valence-electron chi connectivity index (χ0n) is 48.8. The normalized spacial score (nSPS) is 13.2. The van der Waals surface area contributed by atoms with Crippen LogP contribution in [0.4, 0.5) is 0 Å². The Morgan fingerprint density at radius 1 is 0.419 bits per heavy atom. The molecule has 0 radical (unpaired) electrons. The van der Waals surface area contributed by atoms with E-state index in [-0.39, 0.29) is 38.6 Å². The highest BCUT2D eigenvalue weighted by Crippen LogP contribution is 2.43. The summed E-state index contributed by atoms with van der Waals surface area (Å²) >= 11 is 0. The Labute approximate surface area is 458 Å². The first-order valence-corrected chi connectivity index (χ1v) is 33.5. The van der Waals surface area contributed by atoms with Gasteiger partial charge in [-0.05, 0) is 44.9 Å². The lowest BCUT2D eigenvalue weighted by atomic mass is 10.0. The van der Waals surface area contributed by atoms with Gasteiger partial charge in [0.1, 0.15) is 6.61 Å². The number of hydrogen-bond acceptors (Lipinski definition) is 8. The van der Waals surface area contributed by atoms with Gasteiger partial charge in [0, 0.05) is 19.4 Å². The molecule has 0 aliphatic rings. The van der Waals surface area contributed by atoms with Gasteiger partial charge >= 0.3 is 19.8 Å². The molecule has 0 bridgehead atoms. The molecule has 0 aliphatic heterocycles. The molecule has 0 aliphatic carbocycles. The van der Waals surface area contributed by atoms with Crippen LogP contribution in [0.2, 0.25) is 0 Å². The molecule has 0 fully saturated rings. The van der Waals surface area contributed by atoms with E-state index in [1.807, 2.05) is 0 Å². The standard InChI is InChI=1S/C64H122NO8P/c1-3-5-7-9-11-13-15-17-19-20-21-22-23-24-25-26-27-28-29-30-31-32-33-34-35-36-37-38-39-40-41-43-44-46-48-50-52-54-56-63(66)70-60-62(61-72-74(68,69)71-59-58-65)73-64(67)57-55-53-51-49-47-45-42-18-16-14-12-10-8-6-4-2/h6,8,12,14,18,42,62H,3-5,7,9-11,13,15-17,19-41,43-61,65H2,1-2H3,(H,68,69)/b8-6-,14-12-,42-18-. The van der Waals surface area contributed by atoms with Gasteiger partial charge in [-0.25, -0.2) is 4.57 Å². The molecule has 2 unspecified atom stereocenters. The second-order valence-corrected chi connectivity index (χ2v) is 23.1. The van der Waals surface area contributed by atoms with Crippen LogP contribution >= 0.6 is 7.82 Å². The number of nitrogens with two attached hydrogens (primary N) is 1. The number of ether oxygens (including phenoxy) is 2. The number of rotatable bonds is 61. The third kappa shape index (κ3) is 59.5. The van der Waals surface area contributed by atoms with E-state index in [4.69, 9.17) is 24.3 Å². The Bertz CT molecular complexity index is 1310. The van der Waals surface area contributed by atoms with Crippen LogP contribution in [-0.2, 0) is 32.7 Å². The highest BCUT2D eigenvalue weighted by atomic mass is 31.2. The summed E-state index contributed by atoms with van der Waals surface area (Å²) in [7, 11) is -4.39. The van der Waals surface area contributed by atoms with Gasteiger partial charge in [-0.3, -0.25) is 18.6 Å². The van der Waals surface area contributed by atoms with Gasteiger partial charge in [-0.1, -0.05) is 307 Å². The molecule has 0 rings (SSSR count). The molecule has 0 amide bonds. The third-order valence-corrected chi connectivity index (χ3v) is 15.3. The van der Waals surface area contributed by atoms with Crippen molar-refractivity contribution in [1.82, 2.24) is 0 Å². The van der Waals surface area contributed by atoms with Gasteiger partial charge in [-0.2, -0.15) is 0 Å². The summed E-state index contributed by atoms with van der Waals surface area (Å²) in [5.74, 6) is -0.835. The summed E-state index contributed by atoms with van der Waals surface area (Å²) in [5, 5.41) is 0. The van der Waals surface area contributed by atoms with E-state index in [1.165, 1.54) is 225 Å². The van der Waals surface area contributed by atoms with E-state index in [0.29, 0.717) is 6.42 Å². The molecule has 0 spiro atoms. The van der Waals surface area contributed by atoms with E-state index >= 15 is 0 Å². The Morgan fingerprint density at radius 2 is 0.743 bits per heavy atom. The molecule has 3 N–H and O–H groups in total. The molecule has 0 aromatic carbocycles. The van der Waals surface area contributed by atoms with Gasteiger partial charge in [0.15, 0.2) is 6.10 Å². The van der Waals surface area contributed by atoms with Crippen molar-refractivity contribution in [3.8, 4) is 0 Å². The minimum atomic E-state index is -4.39. The summed E-state index contributed by atoms with van der Waals surface area (Å²) in [6.07, 6.45) is 74.0. The highest BCUT2D eigenvalue weighted by molar-refractivity contribution is 7.47. The lowest BCUT2D eigenvalue weighted by Gasteiger charge is -2.19. The minimum absolute atomic E-state index is 0.0511. The van der Waals surface area contributed by atoms with Crippen LogP contribution in [0.3, 0.4) is 0 Å². The molecule has 9 nitrogen and oxygen atoms in total. The van der Waals surface area contributed by atoms with Gasteiger partial charge in [0.05, 0.1) is 13.2 Å². The predicted molar refractivity (Wildman–Crippen MR) is 317 cm³/mol. The average molecular weight is 1060 g/mol. The maximum Gasteiger partial charge on any atom is 0.472 e. The first-order chi connectivity index (χ1) is 36.3. The second-order valence-electron chi connectivity index (χ2n) is 21.6. The number of allylic oxidation sites excluding steroid dienone is 6. The van der Waals surface area contributed by atoms with Crippen molar-refractivity contribution in [2.24, 2.45) is 5.73 Å². The van der Waals surface area contributed by atoms with Gasteiger partial charge in [0.2, 0.25) is 0 Å². The molecule has 0 saturated heterocycles. The third-order valence-electron chi connectivity index (χ3n) is 14.3. The van der Waals surface area contributed by atoms with Crippen LogP contribution in [0, 0.1) is 0 Å². The fourth-order valence-electron chi connectivity index (χ4n) is 9.60. The Kier molecular flexibility index (Phi) is 59.0. The van der Waals surface area contributed by atoms with Gasteiger partial charge in [-0.15, -0.1) is 0 Å². The van der Waals surface area contributed by atoms with Crippen molar-refractivity contribution in [2.45, 2.75) is 335 Å². The van der Waals surface area contributed by atoms with E-state index in [2.05, 4.69) is 50.3 Å². The number of carbonyl (C=O) groups excluding carboxylic acids is 2. The number of carbonyl (C=O) groups is 2. The van der Waals surface area contributed by atoms with E-state index < -0.39 is 26.5 Å². The maximum atomic E-state index is 12.7. The Hall–Kier alpha value is -1.77. The van der Waals surface area contributed by atoms with Crippen molar-refractivity contribution in [2.75, 3.05) is 26.4 Å². The fourth-order valence-corrected chi connectivity index (χ4v) is 10.4. The predicted octanol–water partition coefficient (Wildman–Crippen LogP) is 20.4. The maximum absolute atomic E-state index is 12.7. The molecule has 436 valence electrons. The lowest BCUT2D eigenvalue weighted by molar-refractivity contribution is -0.161. The van der Waals surface area contributed by atoms with Crippen LogP contribution < -0.4 is 5.73 Å². The van der Waals surface area contributed by atoms with Crippen molar-refractivity contribution in [3.63, 3.8) is 0 Å². The SMILES string of the molecule is CC/C=C\C/C=C\C/C=C\CCCCCCCC(=O)OC(COC(=O)CCCCCCCCCCCCCCCCCCCCCCCCCCCCCCCCCCCCCCCC)COP(=O)(O)OCCN. The van der Waals surface area contributed by atoms with E-state index in [0.717, 1.165) is 70.6 Å². The van der Waals surface area contributed by atoms with E-state index in [1.54, 1.807) is 0 Å². The fraction of sp³-hybridized carbons (Fsp3) is 0.875. The zero-order chi connectivity index (χ0) is 53.8. The second kappa shape index (κ2) is 60.5. The molecular formula is C64H122NO8P. The van der Waals surface area contributed by atoms with Crippen LogP contribution in [0.5, 0.6) is 0 Å². The molecule has 2 atom stereocenters. The lowest BCUT2D eigenvalue weighted by Crippen LogP contribution is -2.29. The van der Waals surface area contributed by atoms with Crippen molar-refractivity contribution in [1.29, 1.82) is 0 Å². The first kappa shape index (κ1) is 72.2. The minimum Gasteiger partial charge on any atom is -0.462 e. The molecule has 10 heteroatoms.